The van der Waals surface area contributed by atoms with Crippen LogP contribution in [0.3, 0.4) is 0 Å². The van der Waals surface area contributed by atoms with Crippen molar-refractivity contribution in [1.82, 2.24) is 5.32 Å². The summed E-state index contributed by atoms with van der Waals surface area (Å²) in [5.74, 6) is 0. The van der Waals surface area contributed by atoms with Crippen LogP contribution in [0.15, 0.2) is 22.7 Å². The second-order valence-electron chi connectivity index (χ2n) is 6.66. The number of nitrogens with one attached hydrogen (secondary N) is 1. The van der Waals surface area contributed by atoms with Crippen LogP contribution in [0.25, 0.3) is 0 Å². The molecule has 0 saturated carbocycles. The molecule has 0 radical (unpaired) electrons. The molecule has 1 aliphatic heterocycles. The van der Waals surface area contributed by atoms with Gasteiger partial charge in [0.25, 0.3) is 0 Å². The summed E-state index contributed by atoms with van der Waals surface area (Å²) < 4.78 is 1.22. The van der Waals surface area contributed by atoms with E-state index in [-0.39, 0.29) is 0 Å². The largest absolute Gasteiger partial charge is 0.370 e. The summed E-state index contributed by atoms with van der Waals surface area (Å²) in [4.78, 5) is 2.49. The zero-order valence-electron chi connectivity index (χ0n) is 12.5. The summed E-state index contributed by atoms with van der Waals surface area (Å²) in [6.07, 6.45) is 1.27. The molecule has 0 aliphatic carbocycles. The Morgan fingerprint density at radius 3 is 2.63 bits per heavy atom. The lowest BCUT2D eigenvalue weighted by Crippen LogP contribution is -2.23. The highest BCUT2D eigenvalue weighted by Gasteiger charge is 2.29. The molecule has 1 N–H and O–H groups in total. The van der Waals surface area contributed by atoms with E-state index >= 15 is 0 Å². The number of benzene rings is 1. The van der Waals surface area contributed by atoms with E-state index in [1.54, 1.807) is 0 Å². The fourth-order valence-electron chi connectivity index (χ4n) is 2.56. The molecular formula is C16H25BrN2. The Kier molecular flexibility index (Phi) is 4.57. The molecule has 0 atom stereocenters. The first-order valence-corrected chi connectivity index (χ1v) is 7.93. The van der Waals surface area contributed by atoms with Gasteiger partial charge in [0.2, 0.25) is 0 Å². The van der Waals surface area contributed by atoms with Crippen molar-refractivity contribution in [3.8, 4) is 0 Å². The molecule has 1 aromatic rings. The van der Waals surface area contributed by atoms with Crippen molar-refractivity contribution in [2.75, 3.05) is 18.0 Å². The van der Waals surface area contributed by atoms with Crippen molar-refractivity contribution >= 4 is 21.6 Å². The van der Waals surface area contributed by atoms with Crippen LogP contribution in [-0.2, 0) is 6.54 Å². The number of nitrogens with zero attached hydrogens (tertiary/aromatic N) is 1. The molecule has 0 unspecified atom stereocenters. The number of halogens is 1. The molecule has 3 heteroatoms. The zero-order chi connectivity index (χ0) is 14.0. The maximum Gasteiger partial charge on any atom is 0.0511 e. The lowest BCUT2D eigenvalue weighted by molar-refractivity contribution is 0.418. The highest BCUT2D eigenvalue weighted by atomic mass is 79.9. The molecule has 2 nitrogen and oxygen atoms in total. The van der Waals surface area contributed by atoms with E-state index in [1.165, 1.54) is 22.1 Å². The van der Waals surface area contributed by atoms with Gasteiger partial charge in [0.15, 0.2) is 0 Å². The van der Waals surface area contributed by atoms with E-state index < -0.39 is 0 Å². The molecule has 1 fully saturated rings. The van der Waals surface area contributed by atoms with Crippen LogP contribution in [0.4, 0.5) is 5.69 Å². The van der Waals surface area contributed by atoms with Crippen molar-refractivity contribution in [1.29, 1.82) is 0 Å². The summed E-state index contributed by atoms with van der Waals surface area (Å²) >= 11 is 3.73. The normalized spacial score (nSPS) is 18.3. The van der Waals surface area contributed by atoms with Crippen LogP contribution in [0.1, 0.15) is 39.7 Å². The molecule has 1 heterocycles. The van der Waals surface area contributed by atoms with Crippen molar-refractivity contribution < 1.29 is 0 Å². The Labute approximate surface area is 125 Å². The molecule has 19 heavy (non-hydrogen) atoms. The van der Waals surface area contributed by atoms with E-state index in [9.17, 15) is 0 Å². The SMILES string of the molecule is CC(C)NCc1ccc(N2CCC(C)(C)C2)c(Br)c1. The van der Waals surface area contributed by atoms with Crippen molar-refractivity contribution in [2.24, 2.45) is 5.41 Å². The quantitative estimate of drug-likeness (QED) is 0.893. The highest BCUT2D eigenvalue weighted by molar-refractivity contribution is 9.10. The number of hydrogen-bond donors (Lipinski definition) is 1. The summed E-state index contributed by atoms with van der Waals surface area (Å²) in [6, 6.07) is 7.26. The van der Waals surface area contributed by atoms with Crippen LogP contribution in [0, 0.1) is 5.41 Å². The fraction of sp³-hybridized carbons (Fsp3) is 0.625. The average molecular weight is 325 g/mol. The Bertz CT molecular complexity index is 440. The Morgan fingerprint density at radius 1 is 1.37 bits per heavy atom. The molecule has 1 aliphatic rings. The fourth-order valence-corrected chi connectivity index (χ4v) is 3.23. The van der Waals surface area contributed by atoms with E-state index in [4.69, 9.17) is 0 Å². The summed E-state index contributed by atoms with van der Waals surface area (Å²) in [5, 5.41) is 3.46. The maximum absolute atomic E-state index is 3.73. The van der Waals surface area contributed by atoms with Gasteiger partial charge in [-0.3, -0.25) is 0 Å². The van der Waals surface area contributed by atoms with Gasteiger partial charge in [-0.1, -0.05) is 33.8 Å². The molecule has 0 spiro atoms. The van der Waals surface area contributed by atoms with Crippen molar-refractivity contribution in [3.63, 3.8) is 0 Å². The molecule has 1 aromatic carbocycles. The first-order valence-electron chi connectivity index (χ1n) is 7.14. The predicted octanol–water partition coefficient (Wildman–Crippen LogP) is 4.18. The second-order valence-corrected chi connectivity index (χ2v) is 7.51. The molecule has 2 rings (SSSR count). The molecular weight excluding hydrogens is 300 g/mol. The standard InChI is InChI=1S/C16H25BrN2/c1-12(2)18-10-13-5-6-15(14(17)9-13)19-8-7-16(3,4)11-19/h5-6,9,12,18H,7-8,10-11H2,1-4H3. The lowest BCUT2D eigenvalue weighted by Gasteiger charge is -2.23. The van der Waals surface area contributed by atoms with Gasteiger partial charge < -0.3 is 10.2 Å². The molecule has 106 valence electrons. The molecule has 0 amide bonds. The van der Waals surface area contributed by atoms with Gasteiger partial charge in [0.05, 0.1) is 5.69 Å². The molecule has 0 aromatic heterocycles. The van der Waals surface area contributed by atoms with Gasteiger partial charge in [0, 0.05) is 30.1 Å². The maximum atomic E-state index is 3.73. The summed E-state index contributed by atoms with van der Waals surface area (Å²) in [5.41, 5.74) is 3.11. The van der Waals surface area contributed by atoms with Crippen molar-refractivity contribution in [3.05, 3.63) is 28.2 Å². The van der Waals surface area contributed by atoms with E-state index in [2.05, 4.69) is 72.0 Å². The van der Waals surface area contributed by atoms with Gasteiger partial charge in [-0.25, -0.2) is 0 Å². The predicted molar refractivity (Wildman–Crippen MR) is 86.7 cm³/mol. The Morgan fingerprint density at radius 2 is 2.11 bits per heavy atom. The smallest absolute Gasteiger partial charge is 0.0511 e. The third-order valence-electron chi connectivity index (χ3n) is 3.74. The van der Waals surface area contributed by atoms with Gasteiger partial charge in [-0.05, 0) is 45.5 Å². The van der Waals surface area contributed by atoms with Crippen LogP contribution in [0.2, 0.25) is 0 Å². The molecule has 1 saturated heterocycles. The van der Waals surface area contributed by atoms with E-state index in [0.29, 0.717) is 11.5 Å². The van der Waals surface area contributed by atoms with Crippen LogP contribution >= 0.6 is 15.9 Å². The topological polar surface area (TPSA) is 15.3 Å². The number of hydrogen-bond acceptors (Lipinski definition) is 2. The average Bonchev–Trinajstić information content (AvgIpc) is 2.67. The zero-order valence-corrected chi connectivity index (χ0v) is 14.0. The van der Waals surface area contributed by atoms with Gasteiger partial charge in [0.1, 0.15) is 0 Å². The monoisotopic (exact) mass is 324 g/mol. The highest BCUT2D eigenvalue weighted by Crippen LogP contribution is 2.36. The first kappa shape index (κ1) is 14.9. The third kappa shape index (κ3) is 3.96. The summed E-state index contributed by atoms with van der Waals surface area (Å²) in [7, 11) is 0. The number of rotatable bonds is 4. The minimum absolute atomic E-state index is 0.442. The van der Waals surface area contributed by atoms with Gasteiger partial charge >= 0.3 is 0 Å². The lowest BCUT2D eigenvalue weighted by atomic mass is 9.93. The third-order valence-corrected chi connectivity index (χ3v) is 4.38. The number of anilines is 1. The second kappa shape index (κ2) is 5.84. The van der Waals surface area contributed by atoms with E-state index in [1.807, 2.05) is 0 Å². The minimum Gasteiger partial charge on any atom is -0.370 e. The minimum atomic E-state index is 0.442. The van der Waals surface area contributed by atoms with Gasteiger partial charge in [-0.15, -0.1) is 0 Å². The summed E-state index contributed by atoms with van der Waals surface area (Å²) in [6.45, 7) is 12.3. The van der Waals surface area contributed by atoms with Crippen LogP contribution in [0.5, 0.6) is 0 Å². The first-order chi connectivity index (χ1) is 8.87. The Balaban J connectivity index is 2.07. The Hall–Kier alpha value is -0.540. The van der Waals surface area contributed by atoms with Gasteiger partial charge in [-0.2, -0.15) is 0 Å². The van der Waals surface area contributed by atoms with Crippen LogP contribution in [-0.4, -0.2) is 19.1 Å². The molecule has 0 bridgehead atoms. The van der Waals surface area contributed by atoms with Crippen molar-refractivity contribution in [2.45, 2.75) is 46.7 Å². The van der Waals surface area contributed by atoms with Crippen LogP contribution < -0.4 is 10.2 Å². The van der Waals surface area contributed by atoms with E-state index in [0.717, 1.165) is 19.6 Å².